The number of aliphatic carboxylic acids is 1. The minimum atomic E-state index is -1.06. The summed E-state index contributed by atoms with van der Waals surface area (Å²) in [4.78, 5) is 23.8. The third kappa shape index (κ3) is 3.44. The van der Waals surface area contributed by atoms with Gasteiger partial charge in [-0.15, -0.1) is 0 Å². The molecule has 2 fully saturated rings. The maximum absolute atomic E-state index is 12.2. The highest BCUT2D eigenvalue weighted by Gasteiger charge is 2.42. The lowest BCUT2D eigenvalue weighted by atomic mass is 9.81. The van der Waals surface area contributed by atoms with Gasteiger partial charge in [0.2, 0.25) is 0 Å². The number of hydrogen-bond donors (Lipinski definition) is 3. The molecule has 20 heavy (non-hydrogen) atoms. The van der Waals surface area contributed by atoms with E-state index in [0.717, 1.165) is 44.9 Å². The highest BCUT2D eigenvalue weighted by Crippen LogP contribution is 2.30. The zero-order valence-electron chi connectivity index (χ0n) is 12.3. The van der Waals surface area contributed by atoms with Gasteiger partial charge in [0.25, 0.3) is 0 Å². The lowest BCUT2D eigenvalue weighted by Gasteiger charge is -2.38. The largest absolute Gasteiger partial charge is 0.480 e. The summed E-state index contributed by atoms with van der Waals surface area (Å²) in [6.07, 6.45) is 9.27. The van der Waals surface area contributed by atoms with E-state index in [1.54, 1.807) is 0 Å². The first-order valence-corrected chi connectivity index (χ1v) is 7.80. The molecule has 0 aromatic carbocycles. The number of rotatable bonds is 3. The molecule has 0 aliphatic heterocycles. The molecule has 2 aliphatic rings. The molecule has 0 atom stereocenters. The molecule has 2 rings (SSSR count). The standard InChI is InChI=1S/C15H26N2O3/c1-14(8-4-2-5-9-14)16-13(20)17-15(12(18)19)10-6-3-7-11-15/h2-11H2,1H3,(H,18,19)(H2,16,17,20). The van der Waals surface area contributed by atoms with Crippen LogP contribution in [-0.2, 0) is 4.79 Å². The van der Waals surface area contributed by atoms with Crippen LogP contribution in [0.15, 0.2) is 0 Å². The molecular weight excluding hydrogens is 256 g/mol. The van der Waals surface area contributed by atoms with Gasteiger partial charge in [-0.3, -0.25) is 0 Å². The van der Waals surface area contributed by atoms with Gasteiger partial charge in [-0.25, -0.2) is 9.59 Å². The van der Waals surface area contributed by atoms with Gasteiger partial charge in [-0.2, -0.15) is 0 Å². The average molecular weight is 282 g/mol. The first-order chi connectivity index (χ1) is 9.46. The van der Waals surface area contributed by atoms with E-state index in [2.05, 4.69) is 17.6 Å². The molecule has 114 valence electrons. The molecule has 0 radical (unpaired) electrons. The zero-order valence-corrected chi connectivity index (χ0v) is 12.3. The summed E-state index contributed by atoms with van der Waals surface area (Å²) in [5.41, 5.74) is -1.25. The number of hydrogen-bond acceptors (Lipinski definition) is 2. The molecule has 0 saturated heterocycles. The fourth-order valence-corrected chi connectivity index (χ4v) is 3.53. The van der Waals surface area contributed by atoms with E-state index in [0.29, 0.717) is 12.8 Å². The summed E-state index contributed by atoms with van der Waals surface area (Å²) < 4.78 is 0. The van der Waals surface area contributed by atoms with Gasteiger partial charge in [-0.05, 0) is 32.6 Å². The van der Waals surface area contributed by atoms with Gasteiger partial charge in [0.1, 0.15) is 5.54 Å². The molecule has 0 aromatic rings. The molecule has 5 nitrogen and oxygen atoms in total. The fourth-order valence-electron chi connectivity index (χ4n) is 3.53. The van der Waals surface area contributed by atoms with Crippen LogP contribution in [0.3, 0.4) is 0 Å². The monoisotopic (exact) mass is 282 g/mol. The van der Waals surface area contributed by atoms with Crippen molar-refractivity contribution in [1.29, 1.82) is 0 Å². The Hall–Kier alpha value is -1.26. The molecule has 0 bridgehead atoms. The molecule has 3 N–H and O–H groups in total. The zero-order chi connectivity index (χ0) is 14.6. The van der Waals surface area contributed by atoms with Gasteiger partial charge in [0.15, 0.2) is 0 Å². The summed E-state index contributed by atoms with van der Waals surface area (Å²) in [5.74, 6) is -0.902. The average Bonchev–Trinajstić information content (AvgIpc) is 2.39. The molecule has 2 saturated carbocycles. The topological polar surface area (TPSA) is 78.4 Å². The Bertz CT molecular complexity index is 369. The Morgan fingerprint density at radius 3 is 1.85 bits per heavy atom. The van der Waals surface area contributed by atoms with Crippen LogP contribution in [0.4, 0.5) is 4.79 Å². The normalized spacial score (nSPS) is 24.6. The summed E-state index contributed by atoms with van der Waals surface area (Å²) in [5, 5.41) is 15.2. The van der Waals surface area contributed by atoms with Gasteiger partial charge < -0.3 is 15.7 Å². The number of carbonyl (C=O) groups is 2. The Kier molecular flexibility index (Phi) is 4.55. The molecular formula is C15H26N2O3. The Morgan fingerprint density at radius 1 is 0.850 bits per heavy atom. The van der Waals surface area contributed by atoms with Crippen LogP contribution in [0.2, 0.25) is 0 Å². The number of carboxylic acid groups (broad SMARTS) is 1. The summed E-state index contributed by atoms with van der Waals surface area (Å²) in [6, 6.07) is -0.321. The Morgan fingerprint density at radius 2 is 1.35 bits per heavy atom. The first kappa shape index (κ1) is 15.1. The van der Waals surface area contributed by atoms with Crippen molar-refractivity contribution in [1.82, 2.24) is 10.6 Å². The molecule has 2 amide bonds. The lowest BCUT2D eigenvalue weighted by Crippen LogP contribution is -2.61. The van der Waals surface area contributed by atoms with Crippen molar-refractivity contribution in [2.45, 2.75) is 82.2 Å². The van der Waals surface area contributed by atoms with E-state index in [1.807, 2.05) is 0 Å². The van der Waals surface area contributed by atoms with Gasteiger partial charge in [-0.1, -0.05) is 38.5 Å². The van der Waals surface area contributed by atoms with E-state index in [1.165, 1.54) is 6.42 Å². The van der Waals surface area contributed by atoms with Crippen molar-refractivity contribution in [3.8, 4) is 0 Å². The van der Waals surface area contributed by atoms with E-state index in [4.69, 9.17) is 0 Å². The van der Waals surface area contributed by atoms with E-state index in [9.17, 15) is 14.7 Å². The number of amides is 2. The number of urea groups is 1. The quantitative estimate of drug-likeness (QED) is 0.744. The summed E-state index contributed by atoms with van der Waals surface area (Å²) >= 11 is 0. The fraction of sp³-hybridized carbons (Fsp3) is 0.867. The van der Waals surface area contributed by atoms with Crippen LogP contribution in [0.5, 0.6) is 0 Å². The second kappa shape index (κ2) is 6.02. The minimum Gasteiger partial charge on any atom is -0.480 e. The molecule has 0 aromatic heterocycles. The van der Waals surface area contributed by atoms with Gasteiger partial charge >= 0.3 is 12.0 Å². The summed E-state index contributed by atoms with van der Waals surface area (Å²) in [7, 11) is 0. The smallest absolute Gasteiger partial charge is 0.329 e. The van der Waals surface area contributed by atoms with Crippen LogP contribution in [0.25, 0.3) is 0 Å². The second-order valence-electron chi connectivity index (χ2n) is 6.65. The SMILES string of the molecule is CC1(NC(=O)NC2(C(=O)O)CCCCC2)CCCCC1. The molecule has 0 unspecified atom stereocenters. The predicted octanol–water partition coefficient (Wildman–Crippen LogP) is 2.80. The number of carboxylic acids is 1. The summed E-state index contributed by atoms with van der Waals surface area (Å²) in [6.45, 7) is 2.06. The number of nitrogens with one attached hydrogen (secondary N) is 2. The second-order valence-corrected chi connectivity index (χ2v) is 6.65. The van der Waals surface area contributed by atoms with E-state index >= 15 is 0 Å². The van der Waals surface area contributed by atoms with Gasteiger partial charge in [0.05, 0.1) is 0 Å². The maximum Gasteiger partial charge on any atom is 0.329 e. The minimum absolute atomic E-state index is 0.184. The van der Waals surface area contributed by atoms with Gasteiger partial charge in [0, 0.05) is 5.54 Å². The maximum atomic E-state index is 12.2. The van der Waals surface area contributed by atoms with Crippen LogP contribution < -0.4 is 10.6 Å². The van der Waals surface area contributed by atoms with Crippen molar-refractivity contribution < 1.29 is 14.7 Å². The number of carbonyl (C=O) groups excluding carboxylic acids is 1. The van der Waals surface area contributed by atoms with Crippen molar-refractivity contribution in [2.24, 2.45) is 0 Å². The first-order valence-electron chi connectivity index (χ1n) is 7.80. The highest BCUT2D eigenvalue weighted by atomic mass is 16.4. The highest BCUT2D eigenvalue weighted by molar-refractivity contribution is 5.86. The molecule has 2 aliphatic carbocycles. The van der Waals surface area contributed by atoms with Crippen molar-refractivity contribution in [2.75, 3.05) is 0 Å². The van der Waals surface area contributed by atoms with E-state index < -0.39 is 11.5 Å². The van der Waals surface area contributed by atoms with Crippen molar-refractivity contribution in [3.63, 3.8) is 0 Å². The van der Waals surface area contributed by atoms with Crippen LogP contribution >= 0.6 is 0 Å². The van der Waals surface area contributed by atoms with Crippen LogP contribution in [-0.4, -0.2) is 28.2 Å². The third-order valence-electron chi connectivity index (χ3n) is 4.84. The Labute approximate surface area is 120 Å². The lowest BCUT2D eigenvalue weighted by molar-refractivity contribution is -0.145. The van der Waals surface area contributed by atoms with Crippen LogP contribution in [0.1, 0.15) is 71.1 Å². The molecule has 0 spiro atoms. The Balaban J connectivity index is 1.96. The van der Waals surface area contributed by atoms with Crippen molar-refractivity contribution in [3.05, 3.63) is 0 Å². The van der Waals surface area contributed by atoms with Crippen molar-refractivity contribution >= 4 is 12.0 Å². The predicted molar refractivity (Wildman–Crippen MR) is 76.6 cm³/mol. The molecule has 5 heteroatoms. The molecule has 0 heterocycles. The van der Waals surface area contributed by atoms with E-state index in [-0.39, 0.29) is 11.6 Å². The van der Waals surface area contributed by atoms with Crippen LogP contribution in [0, 0.1) is 0 Å². The third-order valence-corrected chi connectivity index (χ3v) is 4.84.